The summed E-state index contributed by atoms with van der Waals surface area (Å²) >= 11 is 1.42. The highest BCUT2D eigenvalue weighted by Gasteiger charge is 2.39. The van der Waals surface area contributed by atoms with E-state index in [0.717, 1.165) is 11.3 Å². The maximum atomic E-state index is 12.8. The van der Waals surface area contributed by atoms with Crippen LogP contribution in [0.25, 0.3) is 5.57 Å². The van der Waals surface area contributed by atoms with Crippen molar-refractivity contribution in [3.05, 3.63) is 34.7 Å². The van der Waals surface area contributed by atoms with Crippen molar-refractivity contribution in [3.8, 4) is 5.75 Å². The largest absolute Gasteiger partial charge is 0.491 e. The Kier molecular flexibility index (Phi) is 6.67. The van der Waals surface area contributed by atoms with Crippen LogP contribution in [0.2, 0.25) is 0 Å². The van der Waals surface area contributed by atoms with Gasteiger partial charge in [0.2, 0.25) is 0 Å². The van der Waals surface area contributed by atoms with Crippen molar-refractivity contribution in [2.75, 3.05) is 20.3 Å². The lowest BCUT2D eigenvalue weighted by Crippen LogP contribution is -2.34. The van der Waals surface area contributed by atoms with Crippen molar-refractivity contribution >= 4 is 29.1 Å². The maximum Gasteiger partial charge on any atom is 0.268 e. The van der Waals surface area contributed by atoms with Gasteiger partial charge in [0.1, 0.15) is 5.75 Å². The fourth-order valence-electron chi connectivity index (χ4n) is 2.51. The Morgan fingerprint density at radius 2 is 1.68 bits per heavy atom. The van der Waals surface area contributed by atoms with E-state index < -0.39 is 0 Å². The van der Waals surface area contributed by atoms with Crippen molar-refractivity contribution in [1.82, 2.24) is 4.90 Å². The molecule has 1 aromatic carbocycles. The van der Waals surface area contributed by atoms with Crippen LogP contribution in [-0.2, 0) is 14.3 Å². The van der Waals surface area contributed by atoms with Crippen molar-refractivity contribution in [3.63, 3.8) is 0 Å². The van der Waals surface area contributed by atoms with E-state index in [1.54, 1.807) is 7.11 Å². The smallest absolute Gasteiger partial charge is 0.268 e. The summed E-state index contributed by atoms with van der Waals surface area (Å²) in [5, 5.41) is 0.202. The summed E-state index contributed by atoms with van der Waals surface area (Å²) in [5.74, 6) is 0.242. The van der Waals surface area contributed by atoms with E-state index in [9.17, 15) is 9.59 Å². The summed E-state index contributed by atoms with van der Waals surface area (Å²) in [6, 6.07) is 7.32. The maximum absolute atomic E-state index is 12.8. The Balaban J connectivity index is 2.36. The third-order valence-corrected chi connectivity index (χ3v) is 4.60. The molecule has 5 nitrogen and oxygen atoms in total. The second kappa shape index (κ2) is 8.54. The number of hydrogen-bond donors (Lipinski definition) is 0. The van der Waals surface area contributed by atoms with Gasteiger partial charge in [-0.05, 0) is 31.5 Å². The molecule has 6 heteroatoms. The van der Waals surface area contributed by atoms with E-state index in [4.69, 9.17) is 9.47 Å². The first-order valence-corrected chi connectivity index (χ1v) is 9.26. The molecule has 0 unspecified atom stereocenters. The third kappa shape index (κ3) is 4.64. The highest BCUT2D eigenvalue weighted by Crippen LogP contribution is 2.38. The predicted octanol–water partition coefficient (Wildman–Crippen LogP) is 3.34. The first kappa shape index (κ1) is 19.5. The number of methoxy groups -OCH3 is 1. The van der Waals surface area contributed by atoms with Gasteiger partial charge < -0.3 is 9.47 Å². The minimum atomic E-state index is -0.261. The first-order valence-electron chi connectivity index (χ1n) is 8.38. The number of thioether (sulfide) groups is 1. The number of carbonyl (C=O) groups excluding carboxylic acids is 2. The highest BCUT2D eigenvalue weighted by atomic mass is 32.2. The van der Waals surface area contributed by atoms with Crippen molar-refractivity contribution in [2.24, 2.45) is 0 Å². The molecule has 0 aromatic heterocycles. The van der Waals surface area contributed by atoms with Crippen LogP contribution in [0.4, 0.5) is 0 Å². The van der Waals surface area contributed by atoms with Gasteiger partial charge in [0.15, 0.2) is 0 Å². The lowest BCUT2D eigenvalue weighted by Gasteiger charge is -2.14. The third-order valence-electron chi connectivity index (χ3n) is 3.51. The molecule has 0 saturated heterocycles. The Bertz CT molecular complexity index is 665. The van der Waals surface area contributed by atoms with Crippen LogP contribution in [0.1, 0.15) is 33.3 Å². The van der Waals surface area contributed by atoms with Gasteiger partial charge in [0.25, 0.3) is 11.8 Å². The minimum Gasteiger partial charge on any atom is -0.491 e. The van der Waals surface area contributed by atoms with Gasteiger partial charge in [-0.25, -0.2) is 0 Å². The van der Waals surface area contributed by atoms with E-state index >= 15 is 0 Å². The predicted molar refractivity (Wildman–Crippen MR) is 100 cm³/mol. The SMILES string of the molecule is COCCN1C(=O)C(SC(C)C)=C(c2ccc(OC(C)C)cc2)C1=O. The van der Waals surface area contributed by atoms with Gasteiger partial charge in [0, 0.05) is 12.4 Å². The Hall–Kier alpha value is -1.79. The van der Waals surface area contributed by atoms with Crippen LogP contribution in [0, 0.1) is 0 Å². The molecular weight excluding hydrogens is 338 g/mol. The van der Waals surface area contributed by atoms with Gasteiger partial charge in [-0.3, -0.25) is 14.5 Å². The van der Waals surface area contributed by atoms with Crippen molar-refractivity contribution in [2.45, 2.75) is 39.0 Å². The fourth-order valence-corrected chi connectivity index (χ4v) is 3.52. The molecule has 0 bridgehead atoms. The van der Waals surface area contributed by atoms with E-state index in [0.29, 0.717) is 17.1 Å². The lowest BCUT2D eigenvalue weighted by molar-refractivity contribution is -0.137. The van der Waals surface area contributed by atoms with Gasteiger partial charge >= 0.3 is 0 Å². The second-order valence-electron chi connectivity index (χ2n) is 6.32. The van der Waals surface area contributed by atoms with Crippen LogP contribution >= 0.6 is 11.8 Å². The van der Waals surface area contributed by atoms with Crippen molar-refractivity contribution < 1.29 is 19.1 Å². The van der Waals surface area contributed by atoms with Crippen LogP contribution < -0.4 is 4.74 Å². The van der Waals surface area contributed by atoms with E-state index in [2.05, 4.69) is 0 Å². The number of imide groups is 1. The molecule has 1 aromatic rings. The minimum absolute atomic E-state index is 0.0800. The zero-order valence-corrected chi connectivity index (χ0v) is 16.2. The van der Waals surface area contributed by atoms with Crippen LogP contribution in [-0.4, -0.2) is 48.3 Å². The molecule has 0 N–H and O–H groups in total. The number of nitrogens with zero attached hydrogens (tertiary/aromatic N) is 1. The van der Waals surface area contributed by atoms with Crippen LogP contribution in [0.15, 0.2) is 29.2 Å². The molecule has 1 aliphatic heterocycles. The Labute approximate surface area is 153 Å². The highest BCUT2D eigenvalue weighted by molar-refractivity contribution is 8.04. The molecule has 2 rings (SSSR count). The first-order chi connectivity index (χ1) is 11.8. The van der Waals surface area contributed by atoms with Gasteiger partial charge in [-0.15, -0.1) is 11.8 Å². The molecule has 0 fully saturated rings. The molecule has 136 valence electrons. The summed E-state index contributed by atoms with van der Waals surface area (Å²) < 4.78 is 10.7. The molecular formula is C19H25NO4S. The van der Waals surface area contributed by atoms with Gasteiger partial charge in [0.05, 0.1) is 29.7 Å². The normalized spacial score (nSPS) is 15.1. The zero-order chi connectivity index (χ0) is 18.6. The van der Waals surface area contributed by atoms with Gasteiger partial charge in [-0.2, -0.15) is 0 Å². The lowest BCUT2D eigenvalue weighted by atomic mass is 10.1. The monoisotopic (exact) mass is 363 g/mol. The molecule has 2 amide bonds. The van der Waals surface area contributed by atoms with Crippen LogP contribution in [0.3, 0.4) is 0 Å². The summed E-state index contributed by atoms with van der Waals surface area (Å²) in [7, 11) is 1.55. The summed E-state index contributed by atoms with van der Waals surface area (Å²) in [6.07, 6.45) is 0.0800. The van der Waals surface area contributed by atoms with E-state index in [1.165, 1.54) is 16.7 Å². The number of amides is 2. The number of rotatable bonds is 8. The molecule has 1 aliphatic rings. The summed E-state index contributed by atoms with van der Waals surface area (Å²) in [6.45, 7) is 8.51. The van der Waals surface area contributed by atoms with Gasteiger partial charge in [-0.1, -0.05) is 26.0 Å². The van der Waals surface area contributed by atoms with E-state index in [-0.39, 0.29) is 29.7 Å². The summed E-state index contributed by atoms with van der Waals surface area (Å²) in [5.41, 5.74) is 1.20. The molecule has 0 radical (unpaired) electrons. The molecule has 25 heavy (non-hydrogen) atoms. The Morgan fingerprint density at radius 1 is 1.04 bits per heavy atom. The molecule has 0 aliphatic carbocycles. The topological polar surface area (TPSA) is 55.8 Å². The summed E-state index contributed by atoms with van der Waals surface area (Å²) in [4.78, 5) is 27.3. The Morgan fingerprint density at radius 3 is 2.20 bits per heavy atom. The average molecular weight is 363 g/mol. The number of ether oxygens (including phenoxy) is 2. The van der Waals surface area contributed by atoms with E-state index in [1.807, 2.05) is 52.0 Å². The number of hydrogen-bond acceptors (Lipinski definition) is 5. The zero-order valence-electron chi connectivity index (χ0n) is 15.4. The fraction of sp³-hybridized carbons (Fsp3) is 0.474. The molecule has 0 atom stereocenters. The quantitative estimate of drug-likeness (QED) is 0.663. The molecule has 0 saturated carbocycles. The second-order valence-corrected chi connectivity index (χ2v) is 7.90. The average Bonchev–Trinajstić information content (AvgIpc) is 2.76. The molecule has 1 heterocycles. The number of carbonyl (C=O) groups is 2. The van der Waals surface area contributed by atoms with Crippen molar-refractivity contribution in [1.29, 1.82) is 0 Å². The standard InChI is InChI=1S/C19H25NO4S/c1-12(2)24-15-8-6-14(7-9-15)16-17(25-13(3)4)19(22)20(18(16)21)10-11-23-5/h6-9,12-13H,10-11H2,1-5H3. The molecule has 0 spiro atoms. The van der Waals surface area contributed by atoms with Crippen LogP contribution in [0.5, 0.6) is 5.75 Å². The number of benzene rings is 1.